The van der Waals surface area contributed by atoms with Crippen molar-refractivity contribution in [2.24, 2.45) is 0 Å². The van der Waals surface area contributed by atoms with Crippen LogP contribution in [-0.2, 0) is 4.79 Å². The maximum Gasteiger partial charge on any atom is 0.127 e. The summed E-state index contributed by atoms with van der Waals surface area (Å²) < 4.78 is 0. The lowest BCUT2D eigenvalue weighted by Crippen LogP contribution is -2.16. The molecule has 0 aromatic heterocycles. The van der Waals surface area contributed by atoms with Crippen LogP contribution in [-0.4, -0.2) is 6.29 Å². The zero-order chi connectivity index (χ0) is 12.4. The van der Waals surface area contributed by atoms with Crippen LogP contribution >= 0.6 is 0 Å². The summed E-state index contributed by atoms with van der Waals surface area (Å²) in [4.78, 5) is 11.2. The summed E-state index contributed by atoms with van der Waals surface area (Å²) in [5.41, 5.74) is 3.90. The van der Waals surface area contributed by atoms with Gasteiger partial charge in [0.1, 0.15) is 6.29 Å². The lowest BCUT2D eigenvalue weighted by atomic mass is 9.74. The molecule has 1 aliphatic carbocycles. The van der Waals surface area contributed by atoms with Gasteiger partial charge in [-0.3, -0.25) is 0 Å². The highest BCUT2D eigenvalue weighted by atomic mass is 16.1. The van der Waals surface area contributed by atoms with Gasteiger partial charge in [-0.15, -0.1) is 0 Å². The summed E-state index contributed by atoms with van der Waals surface area (Å²) in [6, 6.07) is 19.0. The third kappa shape index (κ3) is 1.86. The van der Waals surface area contributed by atoms with Gasteiger partial charge in [-0.2, -0.15) is 0 Å². The van der Waals surface area contributed by atoms with Crippen LogP contribution in [0.2, 0.25) is 0 Å². The Hall–Kier alpha value is -1.89. The van der Waals surface area contributed by atoms with Gasteiger partial charge in [-0.25, -0.2) is 0 Å². The summed E-state index contributed by atoms with van der Waals surface area (Å²) in [7, 11) is 0. The number of hydrogen-bond donors (Lipinski definition) is 0. The van der Waals surface area contributed by atoms with Crippen LogP contribution in [0.5, 0.6) is 0 Å². The van der Waals surface area contributed by atoms with Crippen LogP contribution in [0.25, 0.3) is 0 Å². The molecule has 0 heterocycles. The van der Waals surface area contributed by atoms with Gasteiger partial charge in [-0.05, 0) is 29.5 Å². The molecule has 0 saturated carbocycles. The number of carbonyl (C=O) groups excluding carboxylic acids is 1. The molecule has 0 fully saturated rings. The Kier molecular flexibility index (Phi) is 2.97. The monoisotopic (exact) mass is 236 g/mol. The highest BCUT2D eigenvalue weighted by Crippen LogP contribution is 2.41. The fourth-order valence-corrected chi connectivity index (χ4v) is 3.00. The minimum atomic E-state index is 0.0844. The summed E-state index contributed by atoms with van der Waals surface area (Å²) in [6.45, 7) is 0. The molecule has 0 aliphatic heterocycles. The van der Waals surface area contributed by atoms with Crippen LogP contribution < -0.4 is 0 Å². The smallest absolute Gasteiger partial charge is 0.127 e. The second-order valence-corrected chi connectivity index (χ2v) is 4.91. The Morgan fingerprint density at radius 2 is 1.50 bits per heavy atom. The molecule has 0 N–H and O–H groups in total. The SMILES string of the molecule is O=CC1CCC(c2ccccc2)c2ccccc21. The molecule has 1 aliphatic rings. The van der Waals surface area contributed by atoms with Crippen LogP contribution in [0, 0.1) is 0 Å². The van der Waals surface area contributed by atoms with Crippen molar-refractivity contribution in [2.45, 2.75) is 24.7 Å². The number of benzene rings is 2. The van der Waals surface area contributed by atoms with E-state index in [4.69, 9.17) is 0 Å². The van der Waals surface area contributed by atoms with E-state index in [1.807, 2.05) is 12.1 Å². The molecule has 90 valence electrons. The number of aldehydes is 1. The third-order valence-electron chi connectivity index (χ3n) is 3.90. The zero-order valence-corrected chi connectivity index (χ0v) is 10.3. The van der Waals surface area contributed by atoms with Crippen molar-refractivity contribution < 1.29 is 4.79 Å². The minimum absolute atomic E-state index is 0.0844. The standard InChI is InChI=1S/C17H16O/c18-12-14-10-11-16(13-6-2-1-3-7-13)17-9-5-4-8-15(14)17/h1-9,12,14,16H,10-11H2. The average Bonchev–Trinajstić information content (AvgIpc) is 2.47. The predicted octanol–water partition coefficient (Wildman–Crippen LogP) is 3.89. The molecule has 2 aromatic rings. The molecule has 2 atom stereocenters. The molecule has 1 heteroatoms. The van der Waals surface area contributed by atoms with Crippen molar-refractivity contribution in [3.05, 3.63) is 71.3 Å². The van der Waals surface area contributed by atoms with Gasteiger partial charge < -0.3 is 4.79 Å². The molecule has 2 unspecified atom stereocenters. The lowest BCUT2D eigenvalue weighted by molar-refractivity contribution is -0.109. The summed E-state index contributed by atoms with van der Waals surface area (Å²) in [5.74, 6) is 0.528. The Bertz CT molecular complexity index is 545. The van der Waals surface area contributed by atoms with Crippen molar-refractivity contribution >= 4 is 6.29 Å². The van der Waals surface area contributed by atoms with Crippen LogP contribution in [0.15, 0.2) is 54.6 Å². The maximum atomic E-state index is 11.2. The second kappa shape index (κ2) is 4.77. The summed E-state index contributed by atoms with van der Waals surface area (Å²) in [6.07, 6.45) is 3.12. The molecular weight excluding hydrogens is 220 g/mol. The first-order chi connectivity index (χ1) is 8.90. The average molecular weight is 236 g/mol. The molecule has 0 amide bonds. The number of rotatable bonds is 2. The van der Waals surface area contributed by atoms with Gasteiger partial charge >= 0.3 is 0 Å². The quantitative estimate of drug-likeness (QED) is 0.723. The Morgan fingerprint density at radius 3 is 2.22 bits per heavy atom. The Morgan fingerprint density at radius 1 is 0.833 bits per heavy atom. The number of fused-ring (bicyclic) bond motifs is 1. The van der Waals surface area contributed by atoms with E-state index in [9.17, 15) is 4.79 Å². The van der Waals surface area contributed by atoms with Gasteiger partial charge in [0.15, 0.2) is 0 Å². The zero-order valence-electron chi connectivity index (χ0n) is 10.3. The van der Waals surface area contributed by atoms with E-state index in [1.165, 1.54) is 16.7 Å². The Labute approximate surface area is 107 Å². The molecule has 18 heavy (non-hydrogen) atoms. The molecular formula is C17H16O. The highest BCUT2D eigenvalue weighted by Gasteiger charge is 2.27. The van der Waals surface area contributed by atoms with Crippen molar-refractivity contribution in [3.63, 3.8) is 0 Å². The van der Waals surface area contributed by atoms with Crippen molar-refractivity contribution in [1.29, 1.82) is 0 Å². The molecule has 2 aromatic carbocycles. The van der Waals surface area contributed by atoms with Gasteiger partial charge in [0, 0.05) is 11.8 Å². The molecule has 0 radical (unpaired) electrons. The van der Waals surface area contributed by atoms with Crippen LogP contribution in [0.3, 0.4) is 0 Å². The van der Waals surface area contributed by atoms with E-state index in [-0.39, 0.29) is 5.92 Å². The van der Waals surface area contributed by atoms with Gasteiger partial charge in [-0.1, -0.05) is 54.6 Å². The molecule has 1 nitrogen and oxygen atoms in total. The molecule has 0 bridgehead atoms. The topological polar surface area (TPSA) is 17.1 Å². The summed E-state index contributed by atoms with van der Waals surface area (Å²) >= 11 is 0. The normalized spacial score (nSPS) is 22.2. The van der Waals surface area contributed by atoms with E-state index >= 15 is 0 Å². The van der Waals surface area contributed by atoms with E-state index in [1.54, 1.807) is 0 Å². The van der Waals surface area contributed by atoms with E-state index in [0.29, 0.717) is 5.92 Å². The first kappa shape index (κ1) is 11.2. The fourth-order valence-electron chi connectivity index (χ4n) is 3.00. The van der Waals surface area contributed by atoms with Crippen molar-refractivity contribution in [1.82, 2.24) is 0 Å². The fraction of sp³-hybridized carbons (Fsp3) is 0.235. The molecule has 3 rings (SSSR count). The van der Waals surface area contributed by atoms with Gasteiger partial charge in [0.2, 0.25) is 0 Å². The van der Waals surface area contributed by atoms with E-state index < -0.39 is 0 Å². The van der Waals surface area contributed by atoms with Gasteiger partial charge in [0.05, 0.1) is 0 Å². The van der Waals surface area contributed by atoms with Crippen molar-refractivity contribution in [2.75, 3.05) is 0 Å². The highest BCUT2D eigenvalue weighted by molar-refractivity contribution is 5.65. The second-order valence-electron chi connectivity index (χ2n) is 4.91. The Balaban J connectivity index is 2.07. The van der Waals surface area contributed by atoms with E-state index in [2.05, 4.69) is 42.5 Å². The lowest BCUT2D eigenvalue weighted by Gasteiger charge is -2.29. The third-order valence-corrected chi connectivity index (χ3v) is 3.90. The first-order valence-electron chi connectivity index (χ1n) is 6.49. The molecule has 0 spiro atoms. The maximum absolute atomic E-state index is 11.2. The van der Waals surface area contributed by atoms with Crippen LogP contribution in [0.1, 0.15) is 41.4 Å². The summed E-state index contributed by atoms with van der Waals surface area (Å²) in [5, 5.41) is 0. The van der Waals surface area contributed by atoms with Crippen LogP contribution in [0.4, 0.5) is 0 Å². The molecule has 0 saturated heterocycles. The predicted molar refractivity (Wildman–Crippen MR) is 72.8 cm³/mol. The number of hydrogen-bond acceptors (Lipinski definition) is 1. The first-order valence-corrected chi connectivity index (χ1v) is 6.49. The largest absolute Gasteiger partial charge is 0.303 e. The van der Waals surface area contributed by atoms with Gasteiger partial charge in [0.25, 0.3) is 0 Å². The number of carbonyl (C=O) groups is 1. The van der Waals surface area contributed by atoms with Crippen molar-refractivity contribution in [3.8, 4) is 0 Å². The van der Waals surface area contributed by atoms with E-state index in [0.717, 1.165) is 19.1 Å². The minimum Gasteiger partial charge on any atom is -0.303 e.